The van der Waals surface area contributed by atoms with Gasteiger partial charge >= 0.3 is 0 Å². The Labute approximate surface area is 84.8 Å². The summed E-state index contributed by atoms with van der Waals surface area (Å²) in [4.78, 5) is 11.3. The van der Waals surface area contributed by atoms with Gasteiger partial charge in [-0.05, 0) is 23.2 Å². The number of anilines is 1. The third kappa shape index (κ3) is 1.91. The van der Waals surface area contributed by atoms with Crippen molar-refractivity contribution < 1.29 is 17.8 Å². The fraction of sp³-hybridized carbons (Fsp3) is 0.500. The Balaban J connectivity index is 2.14. The number of amides is 1. The van der Waals surface area contributed by atoms with Gasteiger partial charge in [-0.3, -0.25) is 4.79 Å². The maximum absolute atomic E-state index is 11.4. The molecule has 3 N–H and O–H groups in total. The first-order valence-corrected chi connectivity index (χ1v) is 5.69. The van der Waals surface area contributed by atoms with Crippen molar-refractivity contribution >= 4 is 21.7 Å². The zero-order chi connectivity index (χ0) is 11.1. The molecule has 1 amide bonds. The molecule has 82 valence electrons. The highest BCUT2D eigenvalue weighted by molar-refractivity contribution is 7.91. The molecule has 1 heterocycles. The Kier molecular flexibility index (Phi) is 2.11. The quantitative estimate of drug-likeness (QED) is 0.674. The van der Waals surface area contributed by atoms with Gasteiger partial charge in [-0.25, -0.2) is 17.8 Å². The van der Waals surface area contributed by atoms with Crippen LogP contribution in [0.1, 0.15) is 23.3 Å². The Bertz CT molecular complexity index is 489. The van der Waals surface area contributed by atoms with Crippen molar-refractivity contribution in [3.05, 3.63) is 5.69 Å². The topological polar surface area (TPSA) is 128 Å². The molecule has 1 saturated carbocycles. The number of sulfonamides is 1. The molecular formula is C6H8N4O4S. The van der Waals surface area contributed by atoms with Gasteiger partial charge in [0, 0.05) is 0 Å². The van der Waals surface area contributed by atoms with Crippen molar-refractivity contribution in [2.75, 3.05) is 5.73 Å². The third-order valence-corrected chi connectivity index (χ3v) is 3.75. The molecule has 8 nitrogen and oxygen atoms in total. The van der Waals surface area contributed by atoms with Crippen molar-refractivity contribution in [2.45, 2.75) is 18.1 Å². The highest BCUT2D eigenvalue weighted by Crippen LogP contribution is 2.27. The lowest BCUT2D eigenvalue weighted by Crippen LogP contribution is -2.33. The number of nitrogens with zero attached hydrogens (tertiary/aromatic N) is 2. The summed E-state index contributed by atoms with van der Waals surface area (Å²) >= 11 is 0. The van der Waals surface area contributed by atoms with E-state index in [1.807, 2.05) is 4.72 Å². The molecule has 15 heavy (non-hydrogen) atoms. The first-order chi connectivity index (χ1) is 7.00. The zero-order valence-corrected chi connectivity index (χ0v) is 8.32. The number of carbonyl (C=O) groups excluding carboxylic acids is 1. The highest BCUT2D eigenvalue weighted by Gasteiger charge is 2.37. The van der Waals surface area contributed by atoms with Crippen molar-refractivity contribution in [1.29, 1.82) is 0 Å². The number of hydrogen-bond donors (Lipinski definition) is 2. The van der Waals surface area contributed by atoms with E-state index in [4.69, 9.17) is 5.73 Å². The largest absolute Gasteiger partial charge is 0.379 e. The lowest BCUT2D eigenvalue weighted by atomic mass is 10.4. The predicted octanol–water partition coefficient (Wildman–Crippen LogP) is -1.13. The molecule has 0 spiro atoms. The SMILES string of the molecule is Nc1nonc1C(=O)NS(=O)(=O)C1CC1. The Morgan fingerprint density at radius 3 is 2.60 bits per heavy atom. The van der Waals surface area contributed by atoms with Gasteiger partial charge in [-0.15, -0.1) is 0 Å². The number of nitrogens with one attached hydrogen (secondary N) is 1. The summed E-state index contributed by atoms with van der Waals surface area (Å²) in [5.41, 5.74) is 4.91. The smallest absolute Gasteiger partial charge is 0.290 e. The molecular weight excluding hydrogens is 224 g/mol. The van der Waals surface area contributed by atoms with Crippen LogP contribution in [0.5, 0.6) is 0 Å². The second-order valence-electron chi connectivity index (χ2n) is 3.17. The fourth-order valence-corrected chi connectivity index (χ4v) is 2.27. The predicted molar refractivity (Wildman–Crippen MR) is 48.1 cm³/mol. The van der Waals surface area contributed by atoms with Gasteiger partial charge < -0.3 is 5.73 Å². The first-order valence-electron chi connectivity index (χ1n) is 4.14. The second kappa shape index (κ2) is 3.19. The minimum Gasteiger partial charge on any atom is -0.379 e. The number of carbonyl (C=O) groups is 1. The summed E-state index contributed by atoms with van der Waals surface area (Å²) in [6.45, 7) is 0. The van der Waals surface area contributed by atoms with Crippen LogP contribution in [0, 0.1) is 0 Å². The molecule has 0 saturated heterocycles. The van der Waals surface area contributed by atoms with E-state index < -0.39 is 21.2 Å². The number of aromatic nitrogens is 2. The van der Waals surface area contributed by atoms with Gasteiger partial charge in [-0.1, -0.05) is 0 Å². The van der Waals surface area contributed by atoms with Gasteiger partial charge in [0.1, 0.15) is 0 Å². The van der Waals surface area contributed by atoms with E-state index in [1.165, 1.54) is 0 Å². The first kappa shape index (κ1) is 9.90. The minimum absolute atomic E-state index is 0.238. The van der Waals surface area contributed by atoms with E-state index >= 15 is 0 Å². The molecule has 0 atom stereocenters. The van der Waals surface area contributed by atoms with Gasteiger partial charge in [0.2, 0.25) is 21.5 Å². The summed E-state index contributed by atoms with van der Waals surface area (Å²) in [5.74, 6) is -1.15. The molecule has 1 aromatic rings. The maximum atomic E-state index is 11.4. The summed E-state index contributed by atoms with van der Waals surface area (Å²) in [7, 11) is -3.59. The van der Waals surface area contributed by atoms with E-state index in [0.29, 0.717) is 12.8 Å². The number of nitrogens with two attached hydrogens (primary N) is 1. The normalized spacial score (nSPS) is 16.3. The average Bonchev–Trinajstić information content (AvgIpc) is 2.89. The number of hydrogen-bond acceptors (Lipinski definition) is 7. The number of rotatable bonds is 3. The van der Waals surface area contributed by atoms with E-state index in [9.17, 15) is 13.2 Å². The van der Waals surface area contributed by atoms with Crippen LogP contribution in [0.3, 0.4) is 0 Å². The van der Waals surface area contributed by atoms with Crippen LogP contribution in [0.4, 0.5) is 5.82 Å². The molecule has 0 radical (unpaired) electrons. The third-order valence-electron chi connectivity index (χ3n) is 1.93. The van der Waals surface area contributed by atoms with Gasteiger partial charge in [0.05, 0.1) is 5.25 Å². The Hall–Kier alpha value is -1.64. The minimum atomic E-state index is -3.59. The van der Waals surface area contributed by atoms with Gasteiger partial charge in [0.15, 0.2) is 0 Å². The maximum Gasteiger partial charge on any atom is 0.290 e. The van der Waals surface area contributed by atoms with Gasteiger partial charge in [-0.2, -0.15) is 0 Å². The molecule has 1 fully saturated rings. The Morgan fingerprint density at radius 1 is 1.47 bits per heavy atom. The average molecular weight is 232 g/mol. The molecule has 0 aromatic carbocycles. The van der Waals surface area contributed by atoms with Crippen molar-refractivity contribution in [3.8, 4) is 0 Å². The van der Waals surface area contributed by atoms with E-state index in [2.05, 4.69) is 14.9 Å². The molecule has 9 heteroatoms. The second-order valence-corrected chi connectivity index (χ2v) is 5.13. The zero-order valence-electron chi connectivity index (χ0n) is 7.50. The van der Waals surface area contributed by atoms with Crippen LogP contribution in [0.25, 0.3) is 0 Å². The summed E-state index contributed by atoms with van der Waals surface area (Å²) in [5, 5.41) is 5.87. The van der Waals surface area contributed by atoms with Crippen LogP contribution >= 0.6 is 0 Å². The molecule has 1 aromatic heterocycles. The molecule has 2 rings (SSSR count). The van der Waals surface area contributed by atoms with Crippen molar-refractivity contribution in [1.82, 2.24) is 15.0 Å². The van der Waals surface area contributed by atoms with Crippen LogP contribution in [-0.4, -0.2) is 29.9 Å². The molecule has 0 aliphatic heterocycles. The Morgan fingerprint density at radius 2 is 2.13 bits per heavy atom. The van der Waals surface area contributed by atoms with Gasteiger partial charge in [0.25, 0.3) is 5.91 Å². The van der Waals surface area contributed by atoms with Crippen LogP contribution in [-0.2, 0) is 10.0 Å². The number of nitrogen functional groups attached to an aromatic ring is 1. The van der Waals surface area contributed by atoms with E-state index in [1.54, 1.807) is 0 Å². The van der Waals surface area contributed by atoms with Crippen LogP contribution in [0.2, 0.25) is 0 Å². The molecule has 0 unspecified atom stereocenters. The molecule has 1 aliphatic rings. The fourth-order valence-electron chi connectivity index (χ4n) is 0.992. The standard InChI is InChI=1S/C6H8N4O4S/c7-5-4(8-14-9-5)6(11)10-15(12,13)3-1-2-3/h3H,1-2H2,(H2,7,9)(H,10,11). The van der Waals surface area contributed by atoms with Crippen LogP contribution in [0.15, 0.2) is 4.63 Å². The lowest BCUT2D eigenvalue weighted by molar-refractivity contribution is 0.0972. The van der Waals surface area contributed by atoms with E-state index in [0.717, 1.165) is 0 Å². The summed E-state index contributed by atoms with van der Waals surface area (Å²) in [6, 6.07) is 0. The van der Waals surface area contributed by atoms with Crippen LogP contribution < -0.4 is 10.5 Å². The van der Waals surface area contributed by atoms with Crippen molar-refractivity contribution in [3.63, 3.8) is 0 Å². The summed E-state index contributed by atoms with van der Waals surface area (Å²) < 4.78 is 28.7. The monoisotopic (exact) mass is 232 g/mol. The van der Waals surface area contributed by atoms with E-state index in [-0.39, 0.29) is 11.5 Å². The van der Waals surface area contributed by atoms with Crippen molar-refractivity contribution in [2.24, 2.45) is 0 Å². The highest BCUT2D eigenvalue weighted by atomic mass is 32.2. The molecule has 1 aliphatic carbocycles. The molecule has 0 bridgehead atoms. The lowest BCUT2D eigenvalue weighted by Gasteiger charge is -2.02. The summed E-state index contributed by atoms with van der Waals surface area (Å²) in [6.07, 6.45) is 1.13.